The SMILES string of the molecule is CN(C)CCN1CC(C(=O)N2CCC(N)(Cc3ccc(F)cc3)CC2)Oc2cc(N(C)C)c(Cl)cc21. The Kier molecular flexibility index (Phi) is 7.97. The molecule has 1 atom stereocenters. The molecule has 0 aromatic heterocycles. The summed E-state index contributed by atoms with van der Waals surface area (Å²) in [6, 6.07) is 10.3. The highest BCUT2D eigenvalue weighted by Crippen LogP contribution is 2.41. The predicted octanol–water partition coefficient (Wildman–Crippen LogP) is 3.24. The normalized spacial score (nSPS) is 19.2. The van der Waals surface area contributed by atoms with Gasteiger partial charge in [0.05, 0.1) is 22.9 Å². The first-order valence-corrected chi connectivity index (χ1v) is 12.8. The van der Waals surface area contributed by atoms with E-state index in [4.69, 9.17) is 22.1 Å². The van der Waals surface area contributed by atoms with Crippen molar-refractivity contribution < 1.29 is 13.9 Å². The lowest BCUT2D eigenvalue weighted by molar-refractivity contribution is -0.140. The third-order valence-electron chi connectivity index (χ3n) is 7.14. The molecule has 2 aliphatic rings. The molecule has 1 amide bonds. The van der Waals surface area contributed by atoms with Crippen molar-refractivity contribution in [3.8, 4) is 5.75 Å². The number of likely N-dealkylation sites (tertiary alicyclic amines) is 1. The van der Waals surface area contributed by atoms with Crippen LogP contribution in [0.5, 0.6) is 5.75 Å². The van der Waals surface area contributed by atoms with E-state index in [-0.39, 0.29) is 11.7 Å². The van der Waals surface area contributed by atoms with Crippen molar-refractivity contribution in [3.63, 3.8) is 0 Å². The molecule has 0 bridgehead atoms. The molecule has 1 fully saturated rings. The zero-order valence-electron chi connectivity index (χ0n) is 21.6. The van der Waals surface area contributed by atoms with E-state index in [9.17, 15) is 9.18 Å². The Morgan fingerprint density at radius 2 is 1.83 bits per heavy atom. The zero-order valence-corrected chi connectivity index (χ0v) is 22.4. The number of hydrogen-bond acceptors (Lipinski definition) is 6. The van der Waals surface area contributed by atoms with Crippen molar-refractivity contribution in [2.75, 3.05) is 70.7 Å². The van der Waals surface area contributed by atoms with Crippen molar-refractivity contribution in [2.45, 2.75) is 30.9 Å². The number of hydrogen-bond donors (Lipinski definition) is 1. The van der Waals surface area contributed by atoms with Gasteiger partial charge in [0.15, 0.2) is 6.10 Å². The van der Waals surface area contributed by atoms with Crippen molar-refractivity contribution in [2.24, 2.45) is 5.73 Å². The Morgan fingerprint density at radius 1 is 1.17 bits per heavy atom. The zero-order chi connectivity index (χ0) is 26.0. The van der Waals surface area contributed by atoms with Crippen LogP contribution in [0.1, 0.15) is 18.4 Å². The minimum Gasteiger partial charge on any atom is -0.476 e. The second kappa shape index (κ2) is 10.8. The molecular formula is C27H37ClFN5O2. The van der Waals surface area contributed by atoms with Crippen LogP contribution in [0, 0.1) is 5.82 Å². The number of rotatable bonds is 7. The number of benzene rings is 2. The molecule has 2 N–H and O–H groups in total. The van der Waals surface area contributed by atoms with Crippen molar-refractivity contribution in [3.05, 3.63) is 52.8 Å². The van der Waals surface area contributed by atoms with Crippen LogP contribution in [0.3, 0.4) is 0 Å². The van der Waals surface area contributed by atoms with E-state index in [0.29, 0.717) is 49.7 Å². The van der Waals surface area contributed by atoms with Crippen LogP contribution in [0.15, 0.2) is 36.4 Å². The highest BCUT2D eigenvalue weighted by Gasteiger charge is 2.38. The number of carbonyl (C=O) groups excluding carboxylic acids is 1. The van der Waals surface area contributed by atoms with Gasteiger partial charge in [0.1, 0.15) is 11.6 Å². The third-order valence-corrected chi connectivity index (χ3v) is 7.44. The second-order valence-electron chi connectivity index (χ2n) is 10.5. The lowest BCUT2D eigenvalue weighted by Crippen LogP contribution is -2.57. The highest BCUT2D eigenvalue weighted by molar-refractivity contribution is 6.33. The number of halogens is 2. The first kappa shape index (κ1) is 26.5. The summed E-state index contributed by atoms with van der Waals surface area (Å²) in [6.07, 6.45) is 1.43. The van der Waals surface area contributed by atoms with Crippen LogP contribution in [0.4, 0.5) is 15.8 Å². The number of anilines is 2. The van der Waals surface area contributed by atoms with Gasteiger partial charge in [-0.3, -0.25) is 4.79 Å². The van der Waals surface area contributed by atoms with E-state index in [1.54, 1.807) is 12.1 Å². The fourth-order valence-electron chi connectivity index (χ4n) is 4.93. The Balaban J connectivity index is 1.46. The van der Waals surface area contributed by atoms with Crippen molar-refractivity contribution in [1.82, 2.24) is 9.80 Å². The van der Waals surface area contributed by atoms with Crippen LogP contribution in [-0.4, -0.2) is 88.3 Å². The number of likely N-dealkylation sites (N-methyl/N-ethyl adjacent to an activating group) is 1. The first-order chi connectivity index (χ1) is 17.0. The number of nitrogens with zero attached hydrogens (tertiary/aromatic N) is 4. The molecule has 0 spiro atoms. The molecule has 2 aliphatic heterocycles. The molecule has 0 radical (unpaired) electrons. The van der Waals surface area contributed by atoms with E-state index in [2.05, 4.69) is 9.80 Å². The van der Waals surface area contributed by atoms with E-state index in [0.717, 1.165) is 30.0 Å². The fraction of sp³-hybridized carbons (Fsp3) is 0.519. The summed E-state index contributed by atoms with van der Waals surface area (Å²) in [5.41, 5.74) is 9.05. The second-order valence-corrected chi connectivity index (χ2v) is 10.9. The average Bonchev–Trinajstić information content (AvgIpc) is 2.83. The number of nitrogens with two attached hydrogens (primary N) is 1. The average molecular weight is 518 g/mol. The lowest BCUT2D eigenvalue weighted by Gasteiger charge is -2.42. The van der Waals surface area contributed by atoms with Crippen molar-refractivity contribution in [1.29, 1.82) is 0 Å². The molecule has 2 heterocycles. The van der Waals surface area contributed by atoms with Crippen LogP contribution in [-0.2, 0) is 11.2 Å². The number of carbonyl (C=O) groups is 1. The first-order valence-electron chi connectivity index (χ1n) is 12.4. The van der Waals surface area contributed by atoms with Gasteiger partial charge in [0.25, 0.3) is 5.91 Å². The number of fused-ring (bicyclic) bond motifs is 1. The molecule has 9 heteroatoms. The molecule has 7 nitrogen and oxygen atoms in total. The molecule has 2 aromatic carbocycles. The topological polar surface area (TPSA) is 65.3 Å². The molecule has 2 aromatic rings. The number of amides is 1. The standard InChI is InChI=1S/C27H37ClFN5O2/c1-31(2)13-14-34-18-25(36-24-16-22(32(3)4)21(28)15-23(24)34)26(35)33-11-9-27(30,10-12-33)17-19-5-7-20(29)8-6-19/h5-8,15-16,25H,9-14,17-18,30H2,1-4H3. The molecule has 0 saturated carbocycles. The Morgan fingerprint density at radius 3 is 2.44 bits per heavy atom. The minimum atomic E-state index is -0.599. The van der Waals surface area contributed by atoms with Gasteiger partial charge in [0.2, 0.25) is 0 Å². The van der Waals surface area contributed by atoms with Crippen LogP contribution in [0.2, 0.25) is 5.02 Å². The van der Waals surface area contributed by atoms with Gasteiger partial charge < -0.3 is 30.1 Å². The van der Waals surface area contributed by atoms with Gasteiger partial charge in [-0.15, -0.1) is 0 Å². The molecule has 36 heavy (non-hydrogen) atoms. The van der Waals surface area contributed by atoms with E-state index < -0.39 is 11.6 Å². The van der Waals surface area contributed by atoms with Gasteiger partial charge in [-0.25, -0.2) is 4.39 Å². The molecular weight excluding hydrogens is 481 g/mol. The number of ether oxygens (including phenoxy) is 1. The van der Waals surface area contributed by atoms with E-state index in [1.807, 2.05) is 50.1 Å². The highest BCUT2D eigenvalue weighted by atomic mass is 35.5. The molecule has 0 aliphatic carbocycles. The van der Waals surface area contributed by atoms with Gasteiger partial charge in [-0.2, -0.15) is 0 Å². The van der Waals surface area contributed by atoms with Gasteiger partial charge >= 0.3 is 0 Å². The monoisotopic (exact) mass is 517 g/mol. The Labute approximate surface area is 218 Å². The van der Waals surface area contributed by atoms with E-state index in [1.165, 1.54) is 12.1 Å². The molecule has 1 saturated heterocycles. The van der Waals surface area contributed by atoms with Crippen molar-refractivity contribution >= 4 is 28.9 Å². The lowest BCUT2D eigenvalue weighted by atomic mass is 9.82. The summed E-state index contributed by atoms with van der Waals surface area (Å²) >= 11 is 6.56. The van der Waals surface area contributed by atoms with Gasteiger partial charge in [-0.1, -0.05) is 23.7 Å². The molecule has 196 valence electrons. The van der Waals surface area contributed by atoms with Crippen LogP contribution < -0.4 is 20.3 Å². The van der Waals surface area contributed by atoms with Gasteiger partial charge in [-0.05, 0) is 57.1 Å². The van der Waals surface area contributed by atoms with Crippen LogP contribution in [0.25, 0.3) is 0 Å². The summed E-state index contributed by atoms with van der Waals surface area (Å²) < 4.78 is 19.6. The minimum absolute atomic E-state index is 0.0133. The molecule has 4 rings (SSSR count). The predicted molar refractivity (Wildman–Crippen MR) is 144 cm³/mol. The third kappa shape index (κ3) is 6.05. The Hall–Kier alpha value is -2.55. The summed E-state index contributed by atoms with van der Waals surface area (Å²) in [5, 5.41) is 0.651. The quantitative estimate of drug-likeness (QED) is 0.608. The van der Waals surface area contributed by atoms with Gasteiger partial charge in [0, 0.05) is 51.9 Å². The number of piperidine rings is 1. The summed E-state index contributed by atoms with van der Waals surface area (Å²) in [6.45, 7) is 3.22. The summed E-state index contributed by atoms with van der Waals surface area (Å²) in [5.74, 6) is 0.410. The smallest absolute Gasteiger partial charge is 0.265 e. The molecule has 1 unspecified atom stereocenters. The summed E-state index contributed by atoms with van der Waals surface area (Å²) in [7, 11) is 7.93. The maximum atomic E-state index is 13.6. The summed E-state index contributed by atoms with van der Waals surface area (Å²) in [4.78, 5) is 21.7. The largest absolute Gasteiger partial charge is 0.476 e. The maximum Gasteiger partial charge on any atom is 0.265 e. The van der Waals surface area contributed by atoms with Crippen LogP contribution >= 0.6 is 11.6 Å². The maximum absolute atomic E-state index is 13.6. The fourth-order valence-corrected chi connectivity index (χ4v) is 5.25. The van der Waals surface area contributed by atoms with E-state index >= 15 is 0 Å². The Bertz CT molecular complexity index is 1070.